The van der Waals surface area contributed by atoms with E-state index in [4.69, 9.17) is 4.74 Å². The summed E-state index contributed by atoms with van der Waals surface area (Å²) in [6.07, 6.45) is 0.850. The average Bonchev–Trinajstić information content (AvgIpc) is 2.55. The number of rotatable bonds is 4. The maximum Gasteiger partial charge on any atom is 0.183 e. The van der Waals surface area contributed by atoms with Crippen molar-refractivity contribution in [2.75, 3.05) is 5.75 Å². The molecule has 2 aromatic rings. The van der Waals surface area contributed by atoms with E-state index >= 15 is 0 Å². The zero-order valence-corrected chi connectivity index (χ0v) is 12.8. The van der Waals surface area contributed by atoms with Crippen LogP contribution >= 0.6 is 11.8 Å². The predicted molar refractivity (Wildman–Crippen MR) is 87.1 cm³/mol. The highest BCUT2D eigenvalue weighted by molar-refractivity contribution is 8.00. The smallest absolute Gasteiger partial charge is 0.183 e. The maximum atomic E-state index is 12.8. The number of carbonyl (C=O) groups is 1. The van der Waals surface area contributed by atoms with E-state index in [1.165, 1.54) is 0 Å². The molecular formula is C18H18O2S. The first-order valence-corrected chi connectivity index (χ1v) is 8.32. The van der Waals surface area contributed by atoms with Gasteiger partial charge in [0.1, 0.15) is 17.1 Å². The normalized spacial score (nSPS) is 20.7. The lowest BCUT2D eigenvalue weighted by molar-refractivity contribution is 0.0867. The van der Waals surface area contributed by atoms with Crippen molar-refractivity contribution in [2.24, 2.45) is 0 Å². The minimum Gasteiger partial charge on any atom is -0.483 e. The fourth-order valence-electron chi connectivity index (χ4n) is 2.56. The second kappa shape index (κ2) is 6.35. The summed E-state index contributed by atoms with van der Waals surface area (Å²) in [6, 6.07) is 17.6. The molecule has 1 aliphatic heterocycles. The van der Waals surface area contributed by atoms with Crippen LogP contribution in [0.1, 0.15) is 35.4 Å². The van der Waals surface area contributed by atoms with Crippen molar-refractivity contribution >= 4 is 17.5 Å². The zero-order chi connectivity index (χ0) is 14.7. The summed E-state index contributed by atoms with van der Waals surface area (Å²) in [5.74, 6) is 1.85. The molecule has 0 aliphatic carbocycles. The van der Waals surface area contributed by atoms with Crippen LogP contribution in [0.5, 0.6) is 5.75 Å². The molecule has 0 aromatic heterocycles. The van der Waals surface area contributed by atoms with Gasteiger partial charge in [-0.25, -0.2) is 0 Å². The van der Waals surface area contributed by atoms with Crippen LogP contribution in [0, 0.1) is 0 Å². The van der Waals surface area contributed by atoms with E-state index in [0.717, 1.165) is 17.7 Å². The van der Waals surface area contributed by atoms with Gasteiger partial charge in [0.25, 0.3) is 0 Å². The van der Waals surface area contributed by atoms with Gasteiger partial charge in [0, 0.05) is 0 Å². The quantitative estimate of drug-likeness (QED) is 0.830. The van der Waals surface area contributed by atoms with Crippen LogP contribution in [0.2, 0.25) is 0 Å². The Kier molecular flexibility index (Phi) is 4.30. The number of fused-ring (bicyclic) bond motifs is 1. The van der Waals surface area contributed by atoms with Crippen molar-refractivity contribution in [3.05, 3.63) is 65.7 Å². The molecule has 0 amide bonds. The van der Waals surface area contributed by atoms with Crippen molar-refractivity contribution < 1.29 is 9.53 Å². The monoisotopic (exact) mass is 298 g/mol. The van der Waals surface area contributed by atoms with Crippen LogP contribution in [0.3, 0.4) is 0 Å². The van der Waals surface area contributed by atoms with Crippen LogP contribution < -0.4 is 4.74 Å². The summed E-state index contributed by atoms with van der Waals surface area (Å²) in [6.45, 7) is 2.13. The van der Waals surface area contributed by atoms with Gasteiger partial charge in [-0.05, 0) is 29.9 Å². The van der Waals surface area contributed by atoms with Gasteiger partial charge >= 0.3 is 0 Å². The Balaban J connectivity index is 1.99. The average molecular weight is 298 g/mol. The van der Waals surface area contributed by atoms with Crippen LogP contribution in [0.4, 0.5) is 0 Å². The summed E-state index contributed by atoms with van der Waals surface area (Å²) < 4.78 is 6.16. The van der Waals surface area contributed by atoms with E-state index in [-0.39, 0.29) is 17.1 Å². The Hall–Kier alpha value is -1.74. The van der Waals surface area contributed by atoms with Gasteiger partial charge in [0.15, 0.2) is 5.78 Å². The maximum absolute atomic E-state index is 12.8. The van der Waals surface area contributed by atoms with Crippen LogP contribution in [0.15, 0.2) is 54.6 Å². The molecule has 0 fully saturated rings. The number of hydrogen-bond donors (Lipinski definition) is 0. The van der Waals surface area contributed by atoms with Crippen molar-refractivity contribution in [2.45, 2.75) is 24.7 Å². The van der Waals surface area contributed by atoms with Crippen molar-refractivity contribution in [1.82, 2.24) is 0 Å². The number of hydrogen-bond acceptors (Lipinski definition) is 3. The first-order valence-electron chi connectivity index (χ1n) is 7.27. The number of Topliss-reactive ketones (excluding diaryl/α,β-unsaturated/α-hetero) is 1. The highest BCUT2D eigenvalue weighted by Crippen LogP contribution is 2.40. The summed E-state index contributed by atoms with van der Waals surface area (Å²) >= 11 is 1.70. The molecule has 3 rings (SSSR count). The lowest BCUT2D eigenvalue weighted by Crippen LogP contribution is -2.34. The molecule has 2 nitrogen and oxygen atoms in total. The van der Waals surface area contributed by atoms with Crippen LogP contribution in [-0.2, 0) is 0 Å². The minimum absolute atomic E-state index is 0.165. The van der Waals surface area contributed by atoms with Crippen molar-refractivity contribution in [3.63, 3.8) is 0 Å². The molecule has 1 heterocycles. The Morgan fingerprint density at radius 2 is 1.76 bits per heavy atom. The van der Waals surface area contributed by atoms with Crippen molar-refractivity contribution in [1.29, 1.82) is 0 Å². The molecule has 2 aromatic carbocycles. The number of para-hydroxylation sites is 1. The van der Waals surface area contributed by atoms with Gasteiger partial charge in [0.2, 0.25) is 0 Å². The Morgan fingerprint density at radius 1 is 1.05 bits per heavy atom. The first kappa shape index (κ1) is 14.2. The van der Waals surface area contributed by atoms with Gasteiger partial charge in [-0.2, -0.15) is 0 Å². The molecule has 108 valence electrons. The number of thioether (sulfide) groups is 1. The molecule has 0 radical (unpaired) electrons. The third-order valence-corrected chi connectivity index (χ3v) is 5.03. The molecule has 1 aliphatic rings. The molecule has 21 heavy (non-hydrogen) atoms. The molecule has 0 bridgehead atoms. The molecular weight excluding hydrogens is 280 g/mol. The summed E-state index contributed by atoms with van der Waals surface area (Å²) in [5, 5.41) is -0.165. The molecule has 0 N–H and O–H groups in total. The fraction of sp³-hybridized carbons (Fsp3) is 0.278. The van der Waals surface area contributed by atoms with Gasteiger partial charge in [-0.3, -0.25) is 4.79 Å². The molecule has 0 saturated heterocycles. The Labute approximate surface area is 129 Å². The third-order valence-electron chi connectivity index (χ3n) is 3.57. The fourth-order valence-corrected chi connectivity index (χ4v) is 3.71. The van der Waals surface area contributed by atoms with E-state index in [1.807, 2.05) is 54.6 Å². The lowest BCUT2D eigenvalue weighted by Gasteiger charge is -2.32. The topological polar surface area (TPSA) is 26.3 Å². The summed E-state index contributed by atoms with van der Waals surface area (Å²) in [4.78, 5) is 12.8. The predicted octanol–water partition coefficient (Wildman–Crippen LogP) is 4.51. The minimum atomic E-state index is -0.204. The highest BCUT2D eigenvalue weighted by atomic mass is 32.2. The van der Waals surface area contributed by atoms with E-state index in [0.29, 0.717) is 11.3 Å². The van der Waals surface area contributed by atoms with Crippen LogP contribution in [-0.4, -0.2) is 16.8 Å². The summed E-state index contributed by atoms with van der Waals surface area (Å²) in [5.41, 5.74) is 1.77. The van der Waals surface area contributed by atoms with Crippen molar-refractivity contribution in [3.8, 4) is 5.75 Å². The second-order valence-corrected chi connectivity index (χ2v) is 6.35. The lowest BCUT2D eigenvalue weighted by atomic mass is 9.96. The Morgan fingerprint density at radius 3 is 2.52 bits per heavy atom. The zero-order valence-electron chi connectivity index (χ0n) is 12.0. The SMILES string of the molecule is CCCSC1C(=O)c2ccccc2OC1c1ccccc1. The van der Waals surface area contributed by atoms with Crippen LogP contribution in [0.25, 0.3) is 0 Å². The summed E-state index contributed by atoms with van der Waals surface area (Å²) in [7, 11) is 0. The number of ketones is 1. The molecule has 0 saturated carbocycles. The Bertz CT molecular complexity index is 624. The van der Waals surface area contributed by atoms with E-state index < -0.39 is 0 Å². The van der Waals surface area contributed by atoms with E-state index in [2.05, 4.69) is 6.92 Å². The molecule has 2 unspecified atom stereocenters. The van der Waals surface area contributed by atoms with E-state index in [9.17, 15) is 4.79 Å². The van der Waals surface area contributed by atoms with Gasteiger partial charge in [0.05, 0.1) is 5.56 Å². The number of carbonyl (C=O) groups excluding carboxylic acids is 1. The highest BCUT2D eigenvalue weighted by Gasteiger charge is 2.38. The molecule has 0 spiro atoms. The largest absolute Gasteiger partial charge is 0.483 e. The van der Waals surface area contributed by atoms with Gasteiger partial charge < -0.3 is 4.74 Å². The number of benzene rings is 2. The second-order valence-electron chi connectivity index (χ2n) is 5.10. The number of ether oxygens (including phenoxy) is 1. The molecule has 2 atom stereocenters. The van der Waals surface area contributed by atoms with Gasteiger partial charge in [-0.1, -0.05) is 49.4 Å². The first-order chi connectivity index (χ1) is 10.3. The molecule has 3 heteroatoms. The van der Waals surface area contributed by atoms with E-state index in [1.54, 1.807) is 11.8 Å². The van der Waals surface area contributed by atoms with Gasteiger partial charge in [-0.15, -0.1) is 11.8 Å². The third kappa shape index (κ3) is 2.84. The standard InChI is InChI=1S/C18H18O2S/c1-2-12-21-18-16(19)14-10-6-7-11-15(14)20-17(18)13-8-4-3-5-9-13/h3-11,17-18H,2,12H2,1H3.